The molecule has 130 valence electrons. The first kappa shape index (κ1) is 15.7. The molecule has 4 rings (SSSR count). The van der Waals surface area contributed by atoms with Crippen LogP contribution >= 0.6 is 0 Å². The molecule has 1 aromatic heterocycles. The summed E-state index contributed by atoms with van der Waals surface area (Å²) in [6.45, 7) is 2.24. The molecule has 0 spiro atoms. The highest BCUT2D eigenvalue weighted by Gasteiger charge is 2.27. The molecule has 0 saturated heterocycles. The van der Waals surface area contributed by atoms with Crippen molar-refractivity contribution in [1.82, 2.24) is 15.1 Å². The number of ether oxygens (including phenoxy) is 2. The van der Waals surface area contributed by atoms with E-state index in [1.54, 1.807) is 13.0 Å². The summed E-state index contributed by atoms with van der Waals surface area (Å²) in [4.78, 5) is 24.5. The van der Waals surface area contributed by atoms with Gasteiger partial charge in [0.15, 0.2) is 11.5 Å². The van der Waals surface area contributed by atoms with Crippen LogP contribution in [0, 0.1) is 0 Å². The predicted molar refractivity (Wildman–Crippen MR) is 89.6 cm³/mol. The molecule has 1 saturated carbocycles. The first-order valence-corrected chi connectivity index (χ1v) is 8.38. The van der Waals surface area contributed by atoms with E-state index in [-0.39, 0.29) is 18.3 Å². The summed E-state index contributed by atoms with van der Waals surface area (Å²) in [6.07, 6.45) is 2.19. The highest BCUT2D eigenvalue weighted by molar-refractivity contribution is 5.79. The molecule has 1 aromatic carbocycles. The zero-order chi connectivity index (χ0) is 17.4. The lowest BCUT2D eigenvalue weighted by Gasteiger charge is -2.15. The zero-order valence-electron chi connectivity index (χ0n) is 13.9. The van der Waals surface area contributed by atoms with Crippen LogP contribution in [0.15, 0.2) is 35.1 Å². The fourth-order valence-corrected chi connectivity index (χ4v) is 2.81. The Kier molecular flexibility index (Phi) is 3.91. The van der Waals surface area contributed by atoms with Gasteiger partial charge in [-0.3, -0.25) is 9.59 Å². The Labute approximate surface area is 144 Å². The molecule has 0 radical (unpaired) electrons. The summed E-state index contributed by atoms with van der Waals surface area (Å²) >= 11 is 0. The molecule has 2 heterocycles. The van der Waals surface area contributed by atoms with Crippen molar-refractivity contribution in [3.8, 4) is 11.5 Å². The van der Waals surface area contributed by atoms with E-state index in [1.807, 2.05) is 18.2 Å². The largest absolute Gasteiger partial charge is 0.454 e. The number of carbonyl (C=O) groups excluding carboxylic acids is 1. The van der Waals surface area contributed by atoms with Crippen molar-refractivity contribution in [2.24, 2.45) is 0 Å². The molecule has 2 aliphatic rings. The lowest BCUT2D eigenvalue weighted by Crippen LogP contribution is -2.37. The van der Waals surface area contributed by atoms with Crippen LogP contribution in [0.3, 0.4) is 0 Å². The Balaban J connectivity index is 1.44. The number of hydrogen-bond acceptors (Lipinski definition) is 5. The number of aromatic nitrogens is 2. The van der Waals surface area contributed by atoms with Gasteiger partial charge in [-0.25, -0.2) is 4.68 Å². The molecular weight excluding hydrogens is 322 g/mol. The molecule has 1 amide bonds. The maximum absolute atomic E-state index is 12.4. The van der Waals surface area contributed by atoms with E-state index < -0.39 is 6.04 Å². The van der Waals surface area contributed by atoms with Gasteiger partial charge >= 0.3 is 0 Å². The minimum atomic E-state index is -0.666. The van der Waals surface area contributed by atoms with E-state index >= 15 is 0 Å². The van der Waals surface area contributed by atoms with E-state index in [1.165, 1.54) is 10.7 Å². The van der Waals surface area contributed by atoms with Gasteiger partial charge < -0.3 is 14.8 Å². The van der Waals surface area contributed by atoms with Crippen LogP contribution in [0.4, 0.5) is 0 Å². The third-order valence-electron chi connectivity index (χ3n) is 4.49. The predicted octanol–water partition coefficient (Wildman–Crippen LogP) is 1.73. The summed E-state index contributed by atoms with van der Waals surface area (Å²) in [5.74, 6) is 1.56. The molecule has 1 aliphatic heterocycles. The van der Waals surface area contributed by atoms with Crippen molar-refractivity contribution >= 4 is 5.91 Å². The van der Waals surface area contributed by atoms with E-state index in [0.29, 0.717) is 24.0 Å². The summed E-state index contributed by atoms with van der Waals surface area (Å²) in [5.41, 5.74) is 1.52. The summed E-state index contributed by atoms with van der Waals surface area (Å²) < 4.78 is 11.9. The quantitative estimate of drug-likeness (QED) is 0.895. The van der Waals surface area contributed by atoms with Gasteiger partial charge in [0.1, 0.15) is 6.04 Å². The Morgan fingerprint density at radius 3 is 2.88 bits per heavy atom. The van der Waals surface area contributed by atoms with Gasteiger partial charge in [-0.05, 0) is 43.5 Å². The molecule has 1 fully saturated rings. The first-order chi connectivity index (χ1) is 12.1. The monoisotopic (exact) mass is 341 g/mol. The van der Waals surface area contributed by atoms with Crippen molar-refractivity contribution in [2.45, 2.75) is 38.3 Å². The zero-order valence-corrected chi connectivity index (χ0v) is 13.9. The second kappa shape index (κ2) is 6.23. The fraction of sp³-hybridized carbons (Fsp3) is 0.389. The molecule has 1 N–H and O–H groups in total. The maximum Gasteiger partial charge on any atom is 0.267 e. The molecule has 1 unspecified atom stereocenters. The number of rotatable bonds is 5. The maximum atomic E-state index is 12.4. The average Bonchev–Trinajstić information content (AvgIpc) is 3.37. The molecular formula is C18H19N3O4. The van der Waals surface area contributed by atoms with Gasteiger partial charge in [-0.1, -0.05) is 6.07 Å². The van der Waals surface area contributed by atoms with Crippen LogP contribution in [0.2, 0.25) is 0 Å². The second-order valence-corrected chi connectivity index (χ2v) is 6.40. The highest BCUT2D eigenvalue weighted by Crippen LogP contribution is 2.38. The van der Waals surface area contributed by atoms with Crippen LogP contribution in [0.1, 0.15) is 43.0 Å². The SMILES string of the molecule is CC(C(=O)NCc1ccc2c(c1)OCO2)n1nc(C2CC2)ccc1=O. The van der Waals surface area contributed by atoms with Crippen LogP contribution in [-0.2, 0) is 11.3 Å². The minimum absolute atomic E-state index is 0.216. The van der Waals surface area contributed by atoms with Crippen molar-refractivity contribution < 1.29 is 14.3 Å². The molecule has 2 aromatic rings. The summed E-state index contributed by atoms with van der Waals surface area (Å²) in [6, 6.07) is 8.11. The number of fused-ring (bicyclic) bond motifs is 1. The van der Waals surface area contributed by atoms with Gasteiger partial charge in [0.25, 0.3) is 5.56 Å². The van der Waals surface area contributed by atoms with Gasteiger partial charge in [0, 0.05) is 18.5 Å². The molecule has 7 heteroatoms. The number of benzene rings is 1. The Morgan fingerprint density at radius 1 is 1.28 bits per heavy atom. The lowest BCUT2D eigenvalue weighted by molar-refractivity contribution is -0.124. The van der Waals surface area contributed by atoms with Crippen molar-refractivity contribution in [2.75, 3.05) is 6.79 Å². The topological polar surface area (TPSA) is 82.4 Å². The lowest BCUT2D eigenvalue weighted by atomic mass is 10.2. The fourth-order valence-electron chi connectivity index (χ4n) is 2.81. The standard InChI is InChI=1S/C18H19N3O4/c1-11(21-17(22)7-5-14(20-21)13-3-4-13)18(23)19-9-12-2-6-15-16(8-12)25-10-24-15/h2,5-8,11,13H,3-4,9-10H2,1H3,(H,19,23). The van der Waals surface area contributed by atoms with Crippen LogP contribution in [-0.4, -0.2) is 22.5 Å². The normalized spacial score (nSPS) is 16.5. The third-order valence-corrected chi connectivity index (χ3v) is 4.49. The van der Waals surface area contributed by atoms with Crippen molar-refractivity contribution in [3.05, 3.63) is 51.9 Å². The summed E-state index contributed by atoms with van der Waals surface area (Å²) in [7, 11) is 0. The molecule has 25 heavy (non-hydrogen) atoms. The van der Waals surface area contributed by atoms with E-state index in [2.05, 4.69) is 10.4 Å². The number of carbonyl (C=O) groups is 1. The molecule has 7 nitrogen and oxygen atoms in total. The van der Waals surface area contributed by atoms with E-state index in [9.17, 15) is 9.59 Å². The van der Waals surface area contributed by atoms with Crippen LogP contribution in [0.25, 0.3) is 0 Å². The molecule has 1 atom stereocenters. The van der Waals surface area contributed by atoms with E-state index in [0.717, 1.165) is 24.1 Å². The first-order valence-electron chi connectivity index (χ1n) is 8.38. The van der Waals surface area contributed by atoms with Gasteiger partial charge in [0.2, 0.25) is 12.7 Å². The second-order valence-electron chi connectivity index (χ2n) is 6.40. The van der Waals surface area contributed by atoms with Crippen LogP contribution < -0.4 is 20.3 Å². The Morgan fingerprint density at radius 2 is 2.08 bits per heavy atom. The van der Waals surface area contributed by atoms with Gasteiger partial charge in [-0.15, -0.1) is 0 Å². The highest BCUT2D eigenvalue weighted by atomic mass is 16.7. The van der Waals surface area contributed by atoms with Crippen molar-refractivity contribution in [1.29, 1.82) is 0 Å². The summed E-state index contributed by atoms with van der Waals surface area (Å²) in [5, 5.41) is 7.21. The van der Waals surface area contributed by atoms with Gasteiger partial charge in [-0.2, -0.15) is 5.10 Å². The van der Waals surface area contributed by atoms with Gasteiger partial charge in [0.05, 0.1) is 5.69 Å². The number of nitrogens with zero attached hydrogens (tertiary/aromatic N) is 2. The average molecular weight is 341 g/mol. The molecule has 1 aliphatic carbocycles. The number of nitrogens with one attached hydrogen (secondary N) is 1. The Hall–Kier alpha value is -2.83. The van der Waals surface area contributed by atoms with E-state index in [4.69, 9.17) is 9.47 Å². The number of amides is 1. The minimum Gasteiger partial charge on any atom is -0.454 e. The third kappa shape index (κ3) is 3.22. The number of hydrogen-bond donors (Lipinski definition) is 1. The van der Waals surface area contributed by atoms with Crippen LogP contribution in [0.5, 0.6) is 11.5 Å². The Bertz CT molecular complexity index is 873. The molecule has 0 bridgehead atoms. The smallest absolute Gasteiger partial charge is 0.267 e. The van der Waals surface area contributed by atoms with Crippen molar-refractivity contribution in [3.63, 3.8) is 0 Å².